The first-order valence-corrected chi connectivity index (χ1v) is 8.36. The molecule has 0 bridgehead atoms. The van der Waals surface area contributed by atoms with E-state index < -0.39 is 0 Å². The third kappa shape index (κ3) is 2.50. The number of allylic oxidation sites excluding steroid dienone is 1. The first-order valence-electron chi connectivity index (χ1n) is 7.24. The molecule has 1 saturated carbocycles. The van der Waals surface area contributed by atoms with Crippen molar-refractivity contribution in [3.05, 3.63) is 41.0 Å². The molecule has 2 rings (SSSR count). The number of alkyl halides is 1. The fourth-order valence-electron chi connectivity index (χ4n) is 3.07. The summed E-state index contributed by atoms with van der Waals surface area (Å²) < 4.78 is 0. The van der Waals surface area contributed by atoms with Gasteiger partial charge in [0.2, 0.25) is 0 Å². The summed E-state index contributed by atoms with van der Waals surface area (Å²) in [5.41, 5.74) is 3.17. The Balaban J connectivity index is 2.34. The Kier molecular flexibility index (Phi) is 4.24. The summed E-state index contributed by atoms with van der Waals surface area (Å²) in [5.74, 6) is 0.328. The smallest absolute Gasteiger partial charge is 0.165 e. The molecule has 1 fully saturated rings. The Morgan fingerprint density at radius 3 is 2.25 bits per heavy atom. The van der Waals surface area contributed by atoms with Gasteiger partial charge in [0.1, 0.15) is 0 Å². The van der Waals surface area contributed by atoms with Gasteiger partial charge >= 0.3 is 0 Å². The second-order valence-corrected chi connectivity index (χ2v) is 7.18. The van der Waals surface area contributed by atoms with Gasteiger partial charge in [-0.05, 0) is 41.0 Å². The van der Waals surface area contributed by atoms with Crippen LogP contribution in [-0.4, -0.2) is 5.78 Å². The van der Waals surface area contributed by atoms with Crippen LogP contribution in [0, 0.1) is 10.8 Å². The first kappa shape index (κ1) is 15.5. The van der Waals surface area contributed by atoms with E-state index in [4.69, 9.17) is 0 Å². The molecule has 1 aliphatic rings. The van der Waals surface area contributed by atoms with Crippen LogP contribution in [0.2, 0.25) is 0 Å². The quantitative estimate of drug-likeness (QED) is 0.535. The van der Waals surface area contributed by atoms with E-state index in [2.05, 4.69) is 74.0 Å². The molecule has 1 nitrogen and oxygen atoms in total. The van der Waals surface area contributed by atoms with Crippen molar-refractivity contribution in [3.63, 3.8) is 0 Å². The molecule has 0 heterocycles. The predicted octanol–water partition coefficient (Wildman–Crippen LogP) is 5.38. The number of benzene rings is 1. The van der Waals surface area contributed by atoms with Crippen molar-refractivity contribution in [1.29, 1.82) is 0 Å². The number of hydrogen-bond acceptors (Lipinski definition) is 1. The maximum Gasteiger partial charge on any atom is 0.165 e. The maximum atomic E-state index is 12.7. The van der Waals surface area contributed by atoms with Gasteiger partial charge in [0.05, 0.1) is 0 Å². The summed E-state index contributed by atoms with van der Waals surface area (Å²) in [6.07, 6.45) is 3.85. The molecule has 0 aromatic heterocycles. The molecule has 108 valence electrons. The van der Waals surface area contributed by atoms with Crippen LogP contribution >= 0.6 is 15.9 Å². The molecule has 1 aromatic rings. The molecule has 20 heavy (non-hydrogen) atoms. The van der Waals surface area contributed by atoms with E-state index in [0.717, 1.165) is 29.3 Å². The van der Waals surface area contributed by atoms with Crippen LogP contribution in [0.25, 0.3) is 6.08 Å². The van der Waals surface area contributed by atoms with Gasteiger partial charge in [-0.15, -0.1) is 0 Å². The van der Waals surface area contributed by atoms with Crippen LogP contribution in [0.3, 0.4) is 0 Å². The number of carbonyl (C=O) groups excluding carboxylic acids is 1. The zero-order valence-corrected chi connectivity index (χ0v) is 14.4. The van der Waals surface area contributed by atoms with Gasteiger partial charge in [-0.1, -0.05) is 67.9 Å². The third-order valence-electron chi connectivity index (χ3n) is 5.10. The average molecular weight is 335 g/mol. The fraction of sp³-hybridized carbons (Fsp3) is 0.500. The van der Waals surface area contributed by atoms with Crippen molar-refractivity contribution in [1.82, 2.24) is 0 Å². The van der Waals surface area contributed by atoms with E-state index in [1.54, 1.807) is 0 Å². The second-order valence-electron chi connectivity index (χ2n) is 6.62. The number of ketones is 1. The Labute approximate surface area is 130 Å². The monoisotopic (exact) mass is 334 g/mol. The Hall–Kier alpha value is -0.890. The maximum absolute atomic E-state index is 12.7. The van der Waals surface area contributed by atoms with Crippen molar-refractivity contribution >= 4 is 27.8 Å². The van der Waals surface area contributed by atoms with Crippen molar-refractivity contribution in [2.45, 2.75) is 45.9 Å². The predicted molar refractivity (Wildman–Crippen MR) is 88.9 cm³/mol. The van der Waals surface area contributed by atoms with Crippen molar-refractivity contribution in [2.24, 2.45) is 10.8 Å². The van der Waals surface area contributed by atoms with Crippen LogP contribution in [0.1, 0.15) is 51.7 Å². The topological polar surface area (TPSA) is 17.1 Å². The number of carbonyl (C=O) groups is 1. The second kappa shape index (κ2) is 5.48. The van der Waals surface area contributed by atoms with Gasteiger partial charge in [-0.2, -0.15) is 0 Å². The van der Waals surface area contributed by atoms with Gasteiger partial charge < -0.3 is 0 Å². The van der Waals surface area contributed by atoms with E-state index in [9.17, 15) is 4.79 Å². The zero-order valence-electron chi connectivity index (χ0n) is 12.8. The molecule has 0 aliphatic heterocycles. The highest BCUT2D eigenvalue weighted by molar-refractivity contribution is 9.08. The van der Waals surface area contributed by atoms with Crippen molar-refractivity contribution in [3.8, 4) is 0 Å². The summed E-state index contributed by atoms with van der Waals surface area (Å²) in [6, 6.07) is 8.38. The fourth-order valence-corrected chi connectivity index (χ4v) is 3.45. The summed E-state index contributed by atoms with van der Waals surface area (Å²) in [7, 11) is 0. The average Bonchev–Trinajstić information content (AvgIpc) is 2.60. The zero-order chi connectivity index (χ0) is 15.0. The largest absolute Gasteiger partial charge is 0.294 e. The minimum atomic E-state index is -0.228. The number of halogens is 1. The lowest BCUT2D eigenvalue weighted by atomic mass is 9.67. The normalized spacial score (nSPS) is 27.2. The lowest BCUT2D eigenvalue weighted by Gasteiger charge is -2.35. The van der Waals surface area contributed by atoms with Crippen LogP contribution in [0.15, 0.2) is 29.8 Å². The van der Waals surface area contributed by atoms with Crippen LogP contribution in [0.5, 0.6) is 0 Å². The summed E-state index contributed by atoms with van der Waals surface area (Å²) >= 11 is 3.45. The molecular weight excluding hydrogens is 312 g/mol. The van der Waals surface area contributed by atoms with Crippen molar-refractivity contribution in [2.75, 3.05) is 0 Å². The van der Waals surface area contributed by atoms with E-state index in [-0.39, 0.29) is 10.8 Å². The van der Waals surface area contributed by atoms with Crippen LogP contribution in [-0.2, 0) is 10.1 Å². The van der Waals surface area contributed by atoms with E-state index in [1.807, 2.05) is 0 Å². The molecule has 2 heteroatoms. The van der Waals surface area contributed by atoms with Gasteiger partial charge in [0.15, 0.2) is 5.78 Å². The highest BCUT2D eigenvalue weighted by atomic mass is 79.9. The highest BCUT2D eigenvalue weighted by Gasteiger charge is 2.52. The third-order valence-corrected chi connectivity index (χ3v) is 5.75. The molecule has 0 N–H and O–H groups in total. The molecule has 0 spiro atoms. The minimum absolute atomic E-state index is 0.0421. The Morgan fingerprint density at radius 1 is 1.20 bits per heavy atom. The molecular formula is C18H23BrO. The number of hydrogen-bond donors (Lipinski definition) is 0. The van der Waals surface area contributed by atoms with Gasteiger partial charge in [-0.3, -0.25) is 4.79 Å². The molecule has 0 amide bonds. The Bertz CT molecular complexity index is 539. The molecule has 1 aromatic carbocycles. The van der Waals surface area contributed by atoms with Gasteiger partial charge in [-0.25, -0.2) is 0 Å². The van der Waals surface area contributed by atoms with Crippen LogP contribution in [0.4, 0.5) is 0 Å². The standard InChI is InChI=1S/C18H23BrO/c1-5-18(4)16(20)15(11-17(18,2)3)10-13-6-8-14(12-19)9-7-13/h6-10H,5,11-12H2,1-4H3/b15-10-. The van der Waals surface area contributed by atoms with Gasteiger partial charge in [0.25, 0.3) is 0 Å². The number of Topliss-reactive ketones (excluding diaryl/α,β-unsaturated/α-hetero) is 1. The molecule has 0 saturated heterocycles. The summed E-state index contributed by atoms with van der Waals surface area (Å²) in [5, 5.41) is 0.865. The molecule has 1 aliphatic carbocycles. The van der Waals surface area contributed by atoms with Gasteiger partial charge in [0, 0.05) is 10.7 Å². The van der Waals surface area contributed by atoms with E-state index in [0.29, 0.717) is 5.78 Å². The van der Waals surface area contributed by atoms with E-state index >= 15 is 0 Å². The molecule has 1 atom stereocenters. The Morgan fingerprint density at radius 2 is 1.80 bits per heavy atom. The van der Waals surface area contributed by atoms with Crippen LogP contribution < -0.4 is 0 Å². The highest BCUT2D eigenvalue weighted by Crippen LogP contribution is 2.54. The summed E-state index contributed by atoms with van der Waals surface area (Å²) in [6.45, 7) is 8.66. The SMILES string of the molecule is CCC1(C)C(=O)/C(=C\c2ccc(CBr)cc2)CC1(C)C. The van der Waals surface area contributed by atoms with E-state index in [1.165, 1.54) is 5.56 Å². The molecule has 1 unspecified atom stereocenters. The first-order chi connectivity index (χ1) is 9.34. The summed E-state index contributed by atoms with van der Waals surface area (Å²) in [4.78, 5) is 12.7. The lowest BCUT2D eigenvalue weighted by molar-refractivity contribution is -0.126. The molecule has 0 radical (unpaired) electrons. The minimum Gasteiger partial charge on any atom is -0.294 e. The lowest BCUT2D eigenvalue weighted by Crippen LogP contribution is -2.34. The van der Waals surface area contributed by atoms with Crippen molar-refractivity contribution < 1.29 is 4.79 Å². The number of rotatable bonds is 3.